The molecule has 0 aromatic heterocycles. The Morgan fingerprint density at radius 1 is 1.62 bits per heavy atom. The minimum absolute atomic E-state index is 0.0961. The molecular weight excluding hydrogens is 132 g/mol. The number of rotatable bonds is 0. The largest absolute Gasteiger partial charge is 0.473 e. The maximum atomic E-state index is 9.97. The highest BCUT2D eigenvalue weighted by molar-refractivity contribution is 8.25. The molecule has 0 radical (unpaired) electrons. The molecule has 0 unspecified atom stereocenters. The highest BCUT2D eigenvalue weighted by Gasteiger charge is 2.04. The molecule has 0 heterocycles. The van der Waals surface area contributed by atoms with Crippen molar-refractivity contribution < 1.29 is 14.7 Å². The lowest BCUT2D eigenvalue weighted by Crippen LogP contribution is -2.26. The van der Waals surface area contributed by atoms with Crippen LogP contribution in [0, 0.1) is 0 Å². The average Bonchev–Trinajstić information content (AvgIpc) is 1.65. The van der Waals surface area contributed by atoms with Crippen molar-refractivity contribution >= 4 is 22.3 Å². The van der Waals surface area contributed by atoms with Crippen LogP contribution in [0.25, 0.3) is 0 Å². The van der Waals surface area contributed by atoms with Crippen LogP contribution in [0.3, 0.4) is 0 Å². The van der Waals surface area contributed by atoms with Gasteiger partial charge in [-0.2, -0.15) is 0 Å². The van der Waals surface area contributed by atoms with Gasteiger partial charge in [0, 0.05) is 0 Å². The summed E-state index contributed by atoms with van der Waals surface area (Å²) in [5, 5.41) is 5.81. The first-order valence-electron chi connectivity index (χ1n) is 1.58. The van der Waals surface area contributed by atoms with Crippen molar-refractivity contribution in [1.82, 2.24) is 5.43 Å². The van der Waals surface area contributed by atoms with Crippen molar-refractivity contribution in [3.8, 4) is 0 Å². The first-order valence-corrected chi connectivity index (χ1v) is 2.40. The molecule has 0 aromatic rings. The van der Waals surface area contributed by atoms with Gasteiger partial charge >= 0.3 is 10.5 Å². The molecule has 0 rings (SSSR count). The van der Waals surface area contributed by atoms with Gasteiger partial charge in [0.2, 0.25) is 0 Å². The van der Waals surface area contributed by atoms with Crippen molar-refractivity contribution in [3.05, 3.63) is 0 Å². The molecule has 0 bridgehead atoms. The maximum Gasteiger partial charge on any atom is 0.374 e. The quantitative estimate of drug-likeness (QED) is 0.247. The van der Waals surface area contributed by atoms with Crippen LogP contribution in [-0.4, -0.2) is 15.6 Å². The number of carbonyl (C=O) groups is 2. The number of thioether (sulfide) groups is 1. The summed E-state index contributed by atoms with van der Waals surface area (Å²) in [5.74, 6) is 4.54. The topological polar surface area (TPSA) is 92.4 Å². The molecule has 0 saturated heterocycles. The zero-order chi connectivity index (χ0) is 6.57. The number of hydrogen-bond acceptors (Lipinski definition) is 4. The van der Waals surface area contributed by atoms with Gasteiger partial charge in [0.15, 0.2) is 0 Å². The van der Waals surface area contributed by atoms with E-state index < -0.39 is 10.5 Å². The third-order valence-electron chi connectivity index (χ3n) is 0.298. The van der Waals surface area contributed by atoms with Crippen molar-refractivity contribution in [1.29, 1.82) is 0 Å². The molecule has 6 heteroatoms. The predicted octanol–water partition coefficient (Wildman–Crippen LogP) is -0.0191. The highest BCUT2D eigenvalue weighted by atomic mass is 32.2. The summed E-state index contributed by atoms with van der Waals surface area (Å²) in [4.78, 5) is 19.6. The molecule has 46 valence electrons. The molecule has 0 fully saturated rings. The van der Waals surface area contributed by atoms with Crippen LogP contribution in [0.2, 0.25) is 0 Å². The number of nitrogens with two attached hydrogens (primary N) is 1. The van der Waals surface area contributed by atoms with Crippen LogP contribution < -0.4 is 11.3 Å². The van der Waals surface area contributed by atoms with Gasteiger partial charge < -0.3 is 5.11 Å². The Hall–Kier alpha value is -0.750. The molecule has 0 aliphatic rings. The SMILES string of the molecule is NNC(=O)SC(=O)O. The van der Waals surface area contributed by atoms with E-state index in [2.05, 4.69) is 5.84 Å². The van der Waals surface area contributed by atoms with Gasteiger partial charge in [0.25, 0.3) is 0 Å². The van der Waals surface area contributed by atoms with E-state index in [0.29, 0.717) is 0 Å². The van der Waals surface area contributed by atoms with Gasteiger partial charge in [-0.3, -0.25) is 10.2 Å². The van der Waals surface area contributed by atoms with E-state index in [4.69, 9.17) is 5.11 Å². The average molecular weight is 136 g/mol. The first kappa shape index (κ1) is 7.25. The number of hydrazine groups is 1. The maximum absolute atomic E-state index is 9.97. The molecule has 4 N–H and O–H groups in total. The van der Waals surface area contributed by atoms with E-state index in [-0.39, 0.29) is 11.8 Å². The highest BCUT2D eigenvalue weighted by Crippen LogP contribution is 1.99. The van der Waals surface area contributed by atoms with E-state index in [1.54, 1.807) is 5.43 Å². The fourth-order valence-corrected chi connectivity index (χ4v) is 0.326. The lowest BCUT2D eigenvalue weighted by atomic mass is 11.4. The lowest BCUT2D eigenvalue weighted by Gasteiger charge is -1.89. The van der Waals surface area contributed by atoms with Crippen LogP contribution in [0.5, 0.6) is 0 Å². The number of hydrogen-bond donors (Lipinski definition) is 3. The number of amides is 1. The minimum atomic E-state index is -1.27. The molecule has 0 aliphatic carbocycles. The van der Waals surface area contributed by atoms with Crippen molar-refractivity contribution in [2.24, 2.45) is 5.84 Å². The lowest BCUT2D eigenvalue weighted by molar-refractivity contribution is 0.222. The van der Waals surface area contributed by atoms with Crippen LogP contribution in [-0.2, 0) is 0 Å². The van der Waals surface area contributed by atoms with Crippen molar-refractivity contribution in [2.75, 3.05) is 0 Å². The standard InChI is InChI=1S/C2H4N2O3S/c3-4-1(5)8-2(6)7/h3H2,(H,4,5)(H,6,7). The summed E-state index contributed by atoms with van der Waals surface area (Å²) >= 11 is 0.0961. The van der Waals surface area contributed by atoms with Gasteiger partial charge in [-0.25, -0.2) is 10.6 Å². The second-order valence-electron chi connectivity index (χ2n) is 0.800. The molecule has 0 spiro atoms. The van der Waals surface area contributed by atoms with Crippen molar-refractivity contribution in [2.45, 2.75) is 0 Å². The first-order chi connectivity index (χ1) is 3.66. The summed E-state index contributed by atoms with van der Waals surface area (Å²) in [6.45, 7) is 0. The van der Waals surface area contributed by atoms with E-state index in [1.165, 1.54) is 0 Å². The van der Waals surface area contributed by atoms with Crippen LogP contribution in [0.4, 0.5) is 9.59 Å². The fraction of sp³-hybridized carbons (Fsp3) is 0. The summed E-state index contributed by atoms with van der Waals surface area (Å²) in [7, 11) is 0. The second kappa shape index (κ2) is 3.28. The Bertz CT molecular complexity index is 114. The number of carboxylic acid groups (broad SMARTS) is 1. The van der Waals surface area contributed by atoms with Crippen LogP contribution in [0.15, 0.2) is 0 Å². The van der Waals surface area contributed by atoms with Crippen LogP contribution >= 0.6 is 11.8 Å². The monoisotopic (exact) mass is 136 g/mol. The summed E-state index contributed by atoms with van der Waals surface area (Å²) in [5.41, 5.74) is 1.64. The Morgan fingerprint density at radius 3 is 2.25 bits per heavy atom. The summed E-state index contributed by atoms with van der Waals surface area (Å²) in [6.07, 6.45) is 0. The number of carbonyl (C=O) groups excluding carboxylic acids is 1. The fourth-order valence-electron chi connectivity index (χ4n) is 0.109. The van der Waals surface area contributed by atoms with E-state index in [1.807, 2.05) is 0 Å². The summed E-state index contributed by atoms with van der Waals surface area (Å²) < 4.78 is 0. The Morgan fingerprint density at radius 2 is 2.12 bits per heavy atom. The van der Waals surface area contributed by atoms with Gasteiger partial charge in [-0.1, -0.05) is 0 Å². The molecule has 8 heavy (non-hydrogen) atoms. The molecule has 0 aromatic carbocycles. The third kappa shape index (κ3) is 3.44. The van der Waals surface area contributed by atoms with Crippen LogP contribution in [0.1, 0.15) is 0 Å². The van der Waals surface area contributed by atoms with Gasteiger partial charge in [-0.05, 0) is 0 Å². The predicted molar refractivity (Wildman–Crippen MR) is 28.3 cm³/mol. The molecule has 0 atom stereocenters. The van der Waals surface area contributed by atoms with Gasteiger partial charge in [-0.15, -0.1) is 0 Å². The molecule has 0 saturated carbocycles. The van der Waals surface area contributed by atoms with E-state index in [9.17, 15) is 9.59 Å². The minimum Gasteiger partial charge on any atom is -0.473 e. The Kier molecular flexibility index (Phi) is 2.97. The summed E-state index contributed by atoms with van der Waals surface area (Å²) in [6, 6.07) is 0. The number of nitrogens with one attached hydrogen (secondary N) is 1. The zero-order valence-corrected chi connectivity index (χ0v) is 4.57. The molecular formula is C2H4N2O3S. The molecule has 0 aliphatic heterocycles. The molecule has 5 nitrogen and oxygen atoms in total. The Balaban J connectivity index is 3.40. The normalized spacial score (nSPS) is 8.12. The van der Waals surface area contributed by atoms with Crippen molar-refractivity contribution in [3.63, 3.8) is 0 Å². The van der Waals surface area contributed by atoms with Gasteiger partial charge in [0.1, 0.15) is 0 Å². The molecule has 1 amide bonds. The smallest absolute Gasteiger partial charge is 0.374 e. The third-order valence-corrected chi connectivity index (χ3v) is 0.776. The van der Waals surface area contributed by atoms with E-state index >= 15 is 0 Å². The van der Waals surface area contributed by atoms with Gasteiger partial charge in [0.05, 0.1) is 11.8 Å². The second-order valence-corrected chi connectivity index (χ2v) is 1.72. The zero-order valence-electron chi connectivity index (χ0n) is 3.75. The van der Waals surface area contributed by atoms with E-state index in [0.717, 1.165) is 0 Å². The Labute approximate surface area is 49.2 Å².